The summed E-state index contributed by atoms with van der Waals surface area (Å²) >= 11 is 0. The van der Waals surface area contributed by atoms with Gasteiger partial charge in [0.15, 0.2) is 0 Å². The maximum Gasteiger partial charge on any atom is 0.221 e. The van der Waals surface area contributed by atoms with E-state index in [0.29, 0.717) is 12.5 Å². The number of benzene rings is 1. The molecule has 0 saturated carbocycles. The average molecular weight is 246 g/mol. The molecule has 0 saturated heterocycles. The van der Waals surface area contributed by atoms with Crippen LogP contribution in [-0.2, 0) is 6.61 Å². The molecule has 0 unspecified atom stereocenters. The molecule has 0 bridgehead atoms. The SMILES string of the molecule is CN(C)CCOc1ncc(CO)c2ccccc12. The summed E-state index contributed by atoms with van der Waals surface area (Å²) < 4.78 is 5.70. The monoisotopic (exact) mass is 246 g/mol. The number of hydrogen-bond donors (Lipinski definition) is 1. The summed E-state index contributed by atoms with van der Waals surface area (Å²) in [7, 11) is 4.01. The molecule has 0 aliphatic heterocycles. The van der Waals surface area contributed by atoms with Crippen molar-refractivity contribution in [1.29, 1.82) is 0 Å². The number of aromatic nitrogens is 1. The summed E-state index contributed by atoms with van der Waals surface area (Å²) in [6.07, 6.45) is 1.67. The van der Waals surface area contributed by atoms with Gasteiger partial charge in [0.25, 0.3) is 0 Å². The lowest BCUT2D eigenvalue weighted by Gasteiger charge is -2.12. The number of likely N-dealkylation sites (N-methyl/N-ethyl adjacent to an activating group) is 1. The van der Waals surface area contributed by atoms with Gasteiger partial charge in [-0.05, 0) is 25.5 Å². The van der Waals surface area contributed by atoms with Crippen LogP contribution in [0.4, 0.5) is 0 Å². The smallest absolute Gasteiger partial charge is 0.221 e. The van der Waals surface area contributed by atoms with Gasteiger partial charge in [-0.15, -0.1) is 0 Å². The van der Waals surface area contributed by atoms with Gasteiger partial charge >= 0.3 is 0 Å². The fraction of sp³-hybridized carbons (Fsp3) is 0.357. The number of pyridine rings is 1. The third-order valence-electron chi connectivity index (χ3n) is 2.79. The van der Waals surface area contributed by atoms with Crippen LogP contribution >= 0.6 is 0 Å². The molecule has 1 N–H and O–H groups in total. The molecule has 4 nitrogen and oxygen atoms in total. The maximum atomic E-state index is 9.29. The van der Waals surface area contributed by atoms with Crippen molar-refractivity contribution in [2.45, 2.75) is 6.61 Å². The van der Waals surface area contributed by atoms with Gasteiger partial charge in [0.2, 0.25) is 5.88 Å². The molecule has 1 aromatic heterocycles. The molecule has 96 valence electrons. The van der Waals surface area contributed by atoms with Gasteiger partial charge in [-0.2, -0.15) is 0 Å². The highest BCUT2D eigenvalue weighted by Crippen LogP contribution is 2.25. The van der Waals surface area contributed by atoms with E-state index in [1.807, 2.05) is 38.4 Å². The predicted molar refractivity (Wildman–Crippen MR) is 71.7 cm³/mol. The van der Waals surface area contributed by atoms with Gasteiger partial charge < -0.3 is 14.7 Å². The lowest BCUT2D eigenvalue weighted by atomic mass is 10.1. The molecule has 4 heteroatoms. The molecule has 0 fully saturated rings. The predicted octanol–water partition coefficient (Wildman–Crippen LogP) is 1.67. The van der Waals surface area contributed by atoms with Crippen LogP contribution in [-0.4, -0.2) is 42.2 Å². The lowest BCUT2D eigenvalue weighted by Crippen LogP contribution is -2.19. The first-order valence-electron chi connectivity index (χ1n) is 5.97. The van der Waals surface area contributed by atoms with E-state index in [2.05, 4.69) is 9.88 Å². The highest BCUT2D eigenvalue weighted by molar-refractivity contribution is 5.89. The first kappa shape index (κ1) is 12.8. The van der Waals surface area contributed by atoms with E-state index in [1.54, 1.807) is 6.20 Å². The van der Waals surface area contributed by atoms with E-state index >= 15 is 0 Å². The standard InChI is InChI=1S/C14H18N2O2/c1-16(2)7-8-18-14-13-6-4-3-5-12(13)11(10-17)9-15-14/h3-6,9,17H,7-8,10H2,1-2H3. The second kappa shape index (κ2) is 5.80. The van der Waals surface area contributed by atoms with Gasteiger partial charge in [0, 0.05) is 23.7 Å². The minimum Gasteiger partial charge on any atom is -0.476 e. The second-order valence-electron chi connectivity index (χ2n) is 4.44. The van der Waals surface area contributed by atoms with Crippen LogP contribution in [0.15, 0.2) is 30.5 Å². The normalized spacial score (nSPS) is 11.1. The zero-order valence-corrected chi connectivity index (χ0v) is 10.8. The summed E-state index contributed by atoms with van der Waals surface area (Å²) in [5.74, 6) is 0.629. The van der Waals surface area contributed by atoms with Crippen LogP contribution in [0, 0.1) is 0 Å². The number of ether oxygens (including phenoxy) is 1. The van der Waals surface area contributed by atoms with Crippen molar-refractivity contribution in [3.8, 4) is 5.88 Å². The quantitative estimate of drug-likeness (QED) is 0.871. The van der Waals surface area contributed by atoms with Crippen molar-refractivity contribution in [2.75, 3.05) is 27.2 Å². The Labute approximate surface area is 107 Å². The first-order valence-corrected chi connectivity index (χ1v) is 5.97. The van der Waals surface area contributed by atoms with Crippen molar-refractivity contribution < 1.29 is 9.84 Å². The molecule has 2 rings (SSSR count). The number of rotatable bonds is 5. The Bertz CT molecular complexity index is 526. The van der Waals surface area contributed by atoms with Crippen LogP contribution in [0.1, 0.15) is 5.56 Å². The molecule has 0 atom stereocenters. The Morgan fingerprint density at radius 3 is 2.61 bits per heavy atom. The Hall–Kier alpha value is -1.65. The maximum absolute atomic E-state index is 9.29. The van der Waals surface area contributed by atoms with Gasteiger partial charge in [0.1, 0.15) is 6.61 Å². The molecule has 1 aromatic carbocycles. The lowest BCUT2D eigenvalue weighted by molar-refractivity contribution is 0.255. The highest BCUT2D eigenvalue weighted by atomic mass is 16.5. The average Bonchev–Trinajstić information content (AvgIpc) is 2.38. The third kappa shape index (κ3) is 2.78. The highest BCUT2D eigenvalue weighted by Gasteiger charge is 2.07. The molecular weight excluding hydrogens is 228 g/mol. The van der Waals surface area contributed by atoms with Crippen molar-refractivity contribution in [3.05, 3.63) is 36.0 Å². The number of nitrogens with zero attached hydrogens (tertiary/aromatic N) is 2. The Morgan fingerprint density at radius 1 is 1.22 bits per heavy atom. The molecule has 2 aromatic rings. The fourth-order valence-electron chi connectivity index (χ4n) is 1.79. The van der Waals surface area contributed by atoms with E-state index in [4.69, 9.17) is 4.74 Å². The van der Waals surface area contributed by atoms with Gasteiger partial charge in [-0.3, -0.25) is 0 Å². The molecular formula is C14H18N2O2. The topological polar surface area (TPSA) is 45.6 Å². The van der Waals surface area contributed by atoms with Crippen molar-refractivity contribution >= 4 is 10.8 Å². The second-order valence-corrected chi connectivity index (χ2v) is 4.44. The van der Waals surface area contributed by atoms with Crippen molar-refractivity contribution in [3.63, 3.8) is 0 Å². The third-order valence-corrected chi connectivity index (χ3v) is 2.79. The Kier molecular flexibility index (Phi) is 4.12. The summed E-state index contributed by atoms with van der Waals surface area (Å²) in [5, 5.41) is 11.2. The fourth-order valence-corrected chi connectivity index (χ4v) is 1.79. The van der Waals surface area contributed by atoms with Gasteiger partial charge in [0.05, 0.1) is 6.61 Å². The first-order chi connectivity index (χ1) is 8.72. The number of aliphatic hydroxyl groups excluding tert-OH is 1. The van der Waals surface area contributed by atoms with Crippen LogP contribution in [0.3, 0.4) is 0 Å². The molecule has 0 aliphatic carbocycles. The summed E-state index contributed by atoms with van der Waals surface area (Å²) in [6, 6.07) is 7.84. The molecule has 0 spiro atoms. The largest absolute Gasteiger partial charge is 0.476 e. The number of fused-ring (bicyclic) bond motifs is 1. The minimum absolute atomic E-state index is 0.00844. The molecule has 0 amide bonds. The van der Waals surface area contributed by atoms with Crippen molar-refractivity contribution in [2.24, 2.45) is 0 Å². The van der Waals surface area contributed by atoms with E-state index in [9.17, 15) is 5.11 Å². The summed E-state index contributed by atoms with van der Waals surface area (Å²) in [4.78, 5) is 6.33. The molecule has 0 radical (unpaired) electrons. The van der Waals surface area contributed by atoms with Crippen LogP contribution in [0.5, 0.6) is 5.88 Å². The molecule has 0 aliphatic rings. The summed E-state index contributed by atoms with van der Waals surface area (Å²) in [5.41, 5.74) is 0.825. The zero-order valence-electron chi connectivity index (χ0n) is 10.8. The van der Waals surface area contributed by atoms with Gasteiger partial charge in [-0.1, -0.05) is 18.2 Å². The number of hydrogen-bond acceptors (Lipinski definition) is 4. The van der Waals surface area contributed by atoms with E-state index in [-0.39, 0.29) is 6.61 Å². The Morgan fingerprint density at radius 2 is 1.94 bits per heavy atom. The summed E-state index contributed by atoms with van der Waals surface area (Å²) in [6.45, 7) is 1.44. The Balaban J connectivity index is 2.28. The molecule has 18 heavy (non-hydrogen) atoms. The number of aliphatic hydroxyl groups is 1. The van der Waals surface area contributed by atoms with Crippen molar-refractivity contribution in [1.82, 2.24) is 9.88 Å². The zero-order chi connectivity index (χ0) is 13.0. The van der Waals surface area contributed by atoms with Crippen LogP contribution in [0.25, 0.3) is 10.8 Å². The molecule has 1 heterocycles. The van der Waals surface area contributed by atoms with Crippen LogP contribution < -0.4 is 4.74 Å². The van der Waals surface area contributed by atoms with Gasteiger partial charge in [-0.25, -0.2) is 4.98 Å². The minimum atomic E-state index is -0.00844. The van der Waals surface area contributed by atoms with E-state index < -0.39 is 0 Å². The van der Waals surface area contributed by atoms with E-state index in [0.717, 1.165) is 22.9 Å². The van der Waals surface area contributed by atoms with Crippen LogP contribution in [0.2, 0.25) is 0 Å². The van der Waals surface area contributed by atoms with E-state index in [1.165, 1.54) is 0 Å².